The Balaban J connectivity index is 1.73. The van der Waals surface area contributed by atoms with Gasteiger partial charge in [0.05, 0.1) is 7.11 Å². The summed E-state index contributed by atoms with van der Waals surface area (Å²) >= 11 is 0. The number of aliphatic imine (C=N–C) groups is 1. The lowest BCUT2D eigenvalue weighted by atomic mass is 10.1. The monoisotopic (exact) mass is 458 g/mol. The Morgan fingerprint density at radius 3 is 2.15 bits per heavy atom. The standard InChI is InChI=1S/C24H26N8O2/c1-4-25-22-28-23(26-5-2)30-24(29-22)31-32-20(16-11-7-6-8-12-16)27-18(21(32)33)15-17-13-9-10-14-19(17)34-3/h6-15H,4-5H2,1-3H3,(H3,25,26,28,29,30,31)/b18-15-. The molecule has 34 heavy (non-hydrogen) atoms. The summed E-state index contributed by atoms with van der Waals surface area (Å²) in [5.74, 6) is 1.73. The Kier molecular flexibility index (Phi) is 6.97. The van der Waals surface area contributed by atoms with Gasteiger partial charge in [-0.25, -0.2) is 4.99 Å². The van der Waals surface area contributed by atoms with Crippen molar-refractivity contribution >= 4 is 35.7 Å². The Hall–Kier alpha value is -4.47. The fourth-order valence-corrected chi connectivity index (χ4v) is 3.33. The second-order valence-electron chi connectivity index (χ2n) is 7.19. The molecule has 10 nitrogen and oxygen atoms in total. The maximum Gasteiger partial charge on any atom is 0.297 e. The number of amides is 1. The summed E-state index contributed by atoms with van der Waals surface area (Å²) in [6, 6.07) is 16.9. The van der Waals surface area contributed by atoms with Crippen molar-refractivity contribution in [1.29, 1.82) is 0 Å². The molecule has 0 atom stereocenters. The minimum Gasteiger partial charge on any atom is -0.496 e. The van der Waals surface area contributed by atoms with Crippen molar-refractivity contribution in [3.05, 3.63) is 71.4 Å². The molecule has 0 radical (unpaired) electrons. The average Bonchev–Trinajstić information content (AvgIpc) is 3.15. The molecule has 174 valence electrons. The van der Waals surface area contributed by atoms with Gasteiger partial charge in [0, 0.05) is 24.2 Å². The SMILES string of the molecule is CCNc1nc(NCC)nc(NN2C(=O)/C(=C/c3ccccc3OC)N=C2c2ccccc2)n1. The highest BCUT2D eigenvalue weighted by Gasteiger charge is 2.32. The van der Waals surface area contributed by atoms with Gasteiger partial charge in [-0.05, 0) is 26.0 Å². The number of nitrogens with one attached hydrogen (secondary N) is 3. The van der Waals surface area contributed by atoms with Crippen molar-refractivity contribution in [3.8, 4) is 5.75 Å². The van der Waals surface area contributed by atoms with Crippen LogP contribution in [0.25, 0.3) is 6.08 Å². The molecule has 3 N–H and O–H groups in total. The molecule has 1 aliphatic rings. The summed E-state index contributed by atoms with van der Waals surface area (Å²) in [5, 5.41) is 7.50. The minimum atomic E-state index is -0.347. The molecule has 0 aliphatic carbocycles. The van der Waals surface area contributed by atoms with Crippen molar-refractivity contribution in [2.24, 2.45) is 4.99 Å². The van der Waals surface area contributed by atoms with Crippen LogP contribution in [0.2, 0.25) is 0 Å². The van der Waals surface area contributed by atoms with Crippen molar-refractivity contribution in [3.63, 3.8) is 0 Å². The lowest BCUT2D eigenvalue weighted by molar-refractivity contribution is -0.121. The maximum absolute atomic E-state index is 13.5. The number of ether oxygens (including phenoxy) is 1. The molecule has 3 aromatic rings. The third-order valence-corrected chi connectivity index (χ3v) is 4.84. The molecule has 2 aromatic carbocycles. The van der Waals surface area contributed by atoms with Gasteiger partial charge < -0.3 is 15.4 Å². The number of nitrogens with zero attached hydrogens (tertiary/aromatic N) is 5. The molecule has 1 aromatic heterocycles. The summed E-state index contributed by atoms with van der Waals surface area (Å²) in [6.07, 6.45) is 1.70. The molecule has 1 aliphatic heterocycles. The van der Waals surface area contributed by atoms with E-state index in [2.05, 4.69) is 36.0 Å². The molecular weight excluding hydrogens is 432 g/mol. The highest BCUT2D eigenvalue weighted by molar-refractivity contribution is 6.20. The summed E-state index contributed by atoms with van der Waals surface area (Å²) in [4.78, 5) is 31.2. The maximum atomic E-state index is 13.5. The summed E-state index contributed by atoms with van der Waals surface area (Å²) < 4.78 is 5.42. The van der Waals surface area contributed by atoms with Gasteiger partial charge in [-0.1, -0.05) is 48.5 Å². The van der Waals surface area contributed by atoms with Crippen LogP contribution in [0, 0.1) is 0 Å². The molecule has 0 saturated heterocycles. The van der Waals surface area contributed by atoms with E-state index in [0.29, 0.717) is 36.6 Å². The number of hydrogen-bond donors (Lipinski definition) is 3. The summed E-state index contributed by atoms with van der Waals surface area (Å²) in [7, 11) is 1.59. The van der Waals surface area contributed by atoms with E-state index in [4.69, 9.17) is 4.74 Å². The van der Waals surface area contributed by atoms with Crippen LogP contribution in [0.3, 0.4) is 0 Å². The second-order valence-corrected chi connectivity index (χ2v) is 7.19. The zero-order valence-electron chi connectivity index (χ0n) is 19.2. The lowest BCUT2D eigenvalue weighted by Crippen LogP contribution is -2.38. The van der Waals surface area contributed by atoms with E-state index in [-0.39, 0.29) is 17.6 Å². The average molecular weight is 459 g/mol. The molecule has 0 unspecified atom stereocenters. The number of carbonyl (C=O) groups is 1. The van der Waals surface area contributed by atoms with Gasteiger partial charge in [-0.2, -0.15) is 20.0 Å². The van der Waals surface area contributed by atoms with Gasteiger partial charge in [0.1, 0.15) is 11.4 Å². The molecule has 0 bridgehead atoms. The predicted octanol–water partition coefficient (Wildman–Crippen LogP) is 3.40. The zero-order chi connectivity index (χ0) is 23.9. The van der Waals surface area contributed by atoms with Crippen molar-refractivity contribution in [2.75, 3.05) is 36.3 Å². The molecule has 0 spiro atoms. The van der Waals surface area contributed by atoms with Gasteiger partial charge in [0.25, 0.3) is 5.91 Å². The zero-order valence-corrected chi connectivity index (χ0v) is 19.2. The quantitative estimate of drug-likeness (QED) is 0.418. The van der Waals surface area contributed by atoms with Gasteiger partial charge in [-0.3, -0.25) is 10.2 Å². The number of rotatable bonds is 9. The largest absolute Gasteiger partial charge is 0.496 e. The number of para-hydroxylation sites is 1. The molecular formula is C24H26N8O2. The van der Waals surface area contributed by atoms with Crippen LogP contribution in [-0.2, 0) is 4.79 Å². The molecule has 0 fully saturated rings. The van der Waals surface area contributed by atoms with Crippen LogP contribution in [0.5, 0.6) is 5.75 Å². The van der Waals surface area contributed by atoms with Crippen LogP contribution in [0.15, 0.2) is 65.3 Å². The van der Waals surface area contributed by atoms with Crippen molar-refractivity contribution in [2.45, 2.75) is 13.8 Å². The smallest absolute Gasteiger partial charge is 0.297 e. The Bertz CT molecular complexity index is 1200. The van der Waals surface area contributed by atoms with E-state index < -0.39 is 0 Å². The number of aromatic nitrogens is 3. The number of benzene rings is 2. The number of hydrogen-bond acceptors (Lipinski definition) is 9. The van der Waals surface area contributed by atoms with Gasteiger partial charge in [-0.15, -0.1) is 0 Å². The molecule has 2 heterocycles. The van der Waals surface area contributed by atoms with E-state index in [1.807, 2.05) is 68.4 Å². The Morgan fingerprint density at radius 2 is 1.50 bits per heavy atom. The van der Waals surface area contributed by atoms with Crippen molar-refractivity contribution < 1.29 is 9.53 Å². The topological polar surface area (TPSA) is 117 Å². The van der Waals surface area contributed by atoms with Crippen LogP contribution in [0.1, 0.15) is 25.0 Å². The third kappa shape index (κ3) is 4.96. The molecule has 0 saturated carbocycles. The lowest BCUT2D eigenvalue weighted by Gasteiger charge is -2.19. The van der Waals surface area contributed by atoms with E-state index in [9.17, 15) is 4.79 Å². The highest BCUT2D eigenvalue weighted by atomic mass is 16.5. The highest BCUT2D eigenvalue weighted by Crippen LogP contribution is 2.26. The third-order valence-electron chi connectivity index (χ3n) is 4.84. The van der Waals surface area contributed by atoms with Gasteiger partial charge >= 0.3 is 0 Å². The van der Waals surface area contributed by atoms with Crippen molar-refractivity contribution in [1.82, 2.24) is 20.0 Å². The van der Waals surface area contributed by atoms with Crippen LogP contribution < -0.4 is 20.8 Å². The Morgan fingerprint density at radius 1 is 0.882 bits per heavy atom. The van der Waals surface area contributed by atoms with Crippen LogP contribution in [0.4, 0.5) is 17.8 Å². The van der Waals surface area contributed by atoms with E-state index in [1.54, 1.807) is 13.2 Å². The minimum absolute atomic E-state index is 0.206. The first-order valence-corrected chi connectivity index (χ1v) is 11.0. The number of carbonyl (C=O) groups excluding carboxylic acids is 1. The fourth-order valence-electron chi connectivity index (χ4n) is 3.33. The first-order chi connectivity index (χ1) is 16.6. The number of anilines is 3. The van der Waals surface area contributed by atoms with E-state index >= 15 is 0 Å². The summed E-state index contributed by atoms with van der Waals surface area (Å²) in [6.45, 7) is 5.17. The molecule has 10 heteroatoms. The molecule has 1 amide bonds. The normalized spacial score (nSPS) is 14.2. The second kappa shape index (κ2) is 10.4. The first-order valence-electron chi connectivity index (χ1n) is 11.0. The van der Waals surface area contributed by atoms with Crippen LogP contribution in [-0.4, -0.2) is 51.9 Å². The predicted molar refractivity (Wildman–Crippen MR) is 133 cm³/mol. The summed E-state index contributed by atoms with van der Waals surface area (Å²) in [5.41, 5.74) is 4.78. The number of methoxy groups -OCH3 is 1. The van der Waals surface area contributed by atoms with Gasteiger partial charge in [0.2, 0.25) is 17.8 Å². The fraction of sp³-hybridized carbons (Fsp3) is 0.208. The number of amidine groups is 1. The van der Waals surface area contributed by atoms with E-state index in [1.165, 1.54) is 5.01 Å². The van der Waals surface area contributed by atoms with Gasteiger partial charge in [0.15, 0.2) is 5.84 Å². The van der Waals surface area contributed by atoms with Crippen LogP contribution >= 0.6 is 0 Å². The first kappa shape index (κ1) is 22.7. The number of hydrazine groups is 1. The Labute approximate surface area is 197 Å². The van der Waals surface area contributed by atoms with E-state index in [0.717, 1.165) is 11.1 Å². The molecule has 4 rings (SSSR count).